The summed E-state index contributed by atoms with van der Waals surface area (Å²) < 4.78 is 1.18. The lowest BCUT2D eigenvalue weighted by molar-refractivity contribution is 0.620. The lowest BCUT2D eigenvalue weighted by Gasteiger charge is -2.09. The molecule has 2 nitrogen and oxygen atoms in total. The van der Waals surface area contributed by atoms with Crippen LogP contribution in [0.3, 0.4) is 0 Å². The second kappa shape index (κ2) is 5.62. The van der Waals surface area contributed by atoms with Crippen LogP contribution in [0.1, 0.15) is 19.5 Å². The minimum Gasteiger partial charge on any atom is -0.314 e. The van der Waals surface area contributed by atoms with Crippen molar-refractivity contribution in [3.8, 4) is 0 Å². The minimum absolute atomic E-state index is 0.569. The number of hydrogen-bond donors (Lipinski definition) is 1. The molecule has 0 bridgehead atoms. The van der Waals surface area contributed by atoms with Gasteiger partial charge in [-0.25, -0.2) is 4.98 Å². The summed E-state index contributed by atoms with van der Waals surface area (Å²) in [5, 5.41) is 5.48. The first-order valence-corrected chi connectivity index (χ1v) is 6.37. The van der Waals surface area contributed by atoms with Crippen LogP contribution in [0.5, 0.6) is 0 Å². The molecule has 1 unspecified atom stereocenters. The summed E-state index contributed by atoms with van der Waals surface area (Å²) in [7, 11) is 0. The fourth-order valence-corrected chi connectivity index (χ4v) is 2.86. The molecule has 0 saturated heterocycles. The first kappa shape index (κ1) is 11.0. The number of thioether (sulfide) groups is 1. The largest absolute Gasteiger partial charge is 0.314 e. The number of aryl methyl sites for hydroxylation is 1. The van der Waals surface area contributed by atoms with Crippen LogP contribution in [0.25, 0.3) is 0 Å². The van der Waals surface area contributed by atoms with Crippen LogP contribution < -0.4 is 5.32 Å². The van der Waals surface area contributed by atoms with Crippen LogP contribution in [-0.4, -0.2) is 23.3 Å². The van der Waals surface area contributed by atoms with Gasteiger partial charge in [0.25, 0.3) is 0 Å². The molecule has 0 spiro atoms. The molecule has 0 saturated carbocycles. The number of nitrogens with one attached hydrogen (secondary N) is 1. The average Bonchev–Trinajstić information content (AvgIpc) is 2.49. The van der Waals surface area contributed by atoms with Crippen molar-refractivity contribution in [2.75, 3.05) is 12.3 Å². The molecular weight excluding hydrogens is 200 g/mol. The van der Waals surface area contributed by atoms with E-state index in [2.05, 4.69) is 29.5 Å². The molecular formula is C9H16N2S2. The Kier molecular flexibility index (Phi) is 4.77. The second-order valence-electron chi connectivity index (χ2n) is 3.02. The van der Waals surface area contributed by atoms with Gasteiger partial charge in [-0.2, -0.15) is 0 Å². The molecule has 1 atom stereocenters. The number of thiazole rings is 1. The third-order valence-corrected chi connectivity index (χ3v) is 4.01. The lowest BCUT2D eigenvalue weighted by Crippen LogP contribution is -2.27. The maximum Gasteiger partial charge on any atom is 0.150 e. The van der Waals surface area contributed by atoms with Gasteiger partial charge < -0.3 is 5.32 Å². The fraction of sp³-hybridized carbons (Fsp3) is 0.667. The van der Waals surface area contributed by atoms with E-state index in [-0.39, 0.29) is 0 Å². The third-order valence-electron chi connectivity index (χ3n) is 1.61. The Labute approximate surface area is 88.2 Å². The van der Waals surface area contributed by atoms with E-state index in [0.717, 1.165) is 18.0 Å². The highest BCUT2D eigenvalue weighted by Gasteiger charge is 2.03. The van der Waals surface area contributed by atoms with E-state index >= 15 is 0 Å². The number of nitrogens with zero attached hydrogens (tertiary/aromatic N) is 1. The molecule has 0 aliphatic rings. The van der Waals surface area contributed by atoms with Gasteiger partial charge in [-0.1, -0.05) is 18.7 Å². The van der Waals surface area contributed by atoms with Crippen molar-refractivity contribution in [1.82, 2.24) is 10.3 Å². The highest BCUT2D eigenvalue weighted by molar-refractivity contribution is 8.01. The van der Waals surface area contributed by atoms with E-state index < -0.39 is 0 Å². The van der Waals surface area contributed by atoms with Crippen molar-refractivity contribution in [2.24, 2.45) is 0 Å². The summed E-state index contributed by atoms with van der Waals surface area (Å²) in [5.41, 5.74) is 1.13. The van der Waals surface area contributed by atoms with E-state index in [0.29, 0.717) is 6.04 Å². The highest BCUT2D eigenvalue weighted by Crippen LogP contribution is 2.22. The average molecular weight is 216 g/mol. The Morgan fingerprint density at radius 1 is 1.69 bits per heavy atom. The Balaban J connectivity index is 2.26. The molecule has 0 aromatic carbocycles. The second-order valence-corrected chi connectivity index (χ2v) is 5.15. The van der Waals surface area contributed by atoms with Crippen molar-refractivity contribution in [3.63, 3.8) is 0 Å². The van der Waals surface area contributed by atoms with Gasteiger partial charge >= 0.3 is 0 Å². The van der Waals surface area contributed by atoms with Crippen molar-refractivity contribution in [3.05, 3.63) is 11.1 Å². The zero-order chi connectivity index (χ0) is 9.68. The van der Waals surface area contributed by atoms with Gasteiger partial charge in [0.15, 0.2) is 0 Å². The minimum atomic E-state index is 0.569. The van der Waals surface area contributed by atoms with E-state index in [4.69, 9.17) is 0 Å². The van der Waals surface area contributed by atoms with Crippen LogP contribution in [0.15, 0.2) is 9.72 Å². The van der Waals surface area contributed by atoms with Gasteiger partial charge in [0.05, 0.1) is 0 Å². The first-order chi connectivity index (χ1) is 6.22. The molecule has 0 fully saturated rings. The summed E-state index contributed by atoms with van der Waals surface area (Å²) >= 11 is 3.57. The van der Waals surface area contributed by atoms with E-state index in [1.165, 1.54) is 4.34 Å². The van der Waals surface area contributed by atoms with E-state index in [9.17, 15) is 0 Å². The van der Waals surface area contributed by atoms with Crippen molar-refractivity contribution in [1.29, 1.82) is 0 Å². The van der Waals surface area contributed by atoms with Crippen LogP contribution in [0.4, 0.5) is 0 Å². The maximum atomic E-state index is 4.40. The summed E-state index contributed by atoms with van der Waals surface area (Å²) in [6.07, 6.45) is 0. The zero-order valence-corrected chi connectivity index (χ0v) is 9.97. The third kappa shape index (κ3) is 4.11. The lowest BCUT2D eigenvalue weighted by atomic mass is 10.4. The number of rotatable bonds is 5. The van der Waals surface area contributed by atoms with E-state index in [1.807, 2.05) is 18.7 Å². The quantitative estimate of drug-likeness (QED) is 0.766. The van der Waals surface area contributed by atoms with Crippen LogP contribution in [0.2, 0.25) is 0 Å². The predicted molar refractivity (Wildman–Crippen MR) is 60.7 cm³/mol. The molecule has 0 aliphatic heterocycles. The topological polar surface area (TPSA) is 24.9 Å². The predicted octanol–water partition coefficient (Wildman–Crippen LogP) is 2.54. The molecule has 1 rings (SSSR count). The summed E-state index contributed by atoms with van der Waals surface area (Å²) in [6, 6.07) is 0.569. The normalized spacial score (nSPS) is 13.2. The van der Waals surface area contributed by atoms with Crippen molar-refractivity contribution >= 4 is 23.1 Å². The highest BCUT2D eigenvalue weighted by atomic mass is 32.2. The number of hydrogen-bond acceptors (Lipinski definition) is 4. The Hall–Kier alpha value is -0.0600. The standard InChI is InChI=1S/C9H16N2S2/c1-4-10-7(2)5-12-9-11-8(3)6-13-9/h6-7,10H,4-5H2,1-3H3. The summed E-state index contributed by atoms with van der Waals surface area (Å²) in [5.74, 6) is 1.10. The monoisotopic (exact) mass is 216 g/mol. The molecule has 1 aromatic heterocycles. The molecule has 74 valence electrons. The van der Waals surface area contributed by atoms with Crippen molar-refractivity contribution in [2.45, 2.75) is 31.2 Å². The maximum absolute atomic E-state index is 4.40. The molecule has 1 heterocycles. The summed E-state index contributed by atoms with van der Waals surface area (Å²) in [4.78, 5) is 4.40. The van der Waals surface area contributed by atoms with Crippen LogP contribution in [0, 0.1) is 6.92 Å². The van der Waals surface area contributed by atoms with Crippen LogP contribution >= 0.6 is 23.1 Å². The Morgan fingerprint density at radius 3 is 3.00 bits per heavy atom. The SMILES string of the molecule is CCNC(C)CSc1nc(C)cs1. The fourth-order valence-electron chi connectivity index (χ4n) is 1.00. The molecule has 13 heavy (non-hydrogen) atoms. The smallest absolute Gasteiger partial charge is 0.150 e. The summed E-state index contributed by atoms with van der Waals surface area (Å²) in [6.45, 7) is 7.42. The molecule has 1 aromatic rings. The molecule has 4 heteroatoms. The first-order valence-electron chi connectivity index (χ1n) is 4.50. The van der Waals surface area contributed by atoms with E-state index in [1.54, 1.807) is 11.3 Å². The van der Waals surface area contributed by atoms with Gasteiger partial charge in [0, 0.05) is 22.9 Å². The Bertz CT molecular complexity index is 248. The van der Waals surface area contributed by atoms with Gasteiger partial charge in [-0.15, -0.1) is 11.3 Å². The van der Waals surface area contributed by atoms with Gasteiger partial charge in [0.1, 0.15) is 4.34 Å². The number of aromatic nitrogens is 1. The molecule has 0 aliphatic carbocycles. The molecule has 0 amide bonds. The zero-order valence-electron chi connectivity index (χ0n) is 8.33. The van der Waals surface area contributed by atoms with Gasteiger partial charge in [-0.3, -0.25) is 0 Å². The van der Waals surface area contributed by atoms with Crippen molar-refractivity contribution < 1.29 is 0 Å². The van der Waals surface area contributed by atoms with Gasteiger partial charge in [-0.05, 0) is 20.4 Å². The van der Waals surface area contributed by atoms with Crippen LogP contribution in [-0.2, 0) is 0 Å². The molecule has 1 N–H and O–H groups in total. The molecule has 0 radical (unpaired) electrons. The van der Waals surface area contributed by atoms with Gasteiger partial charge in [0.2, 0.25) is 0 Å². The Morgan fingerprint density at radius 2 is 2.46 bits per heavy atom.